The van der Waals surface area contributed by atoms with Gasteiger partial charge in [0.1, 0.15) is 5.82 Å². The van der Waals surface area contributed by atoms with Gasteiger partial charge in [0.15, 0.2) is 11.6 Å². The fourth-order valence-corrected chi connectivity index (χ4v) is 3.17. The summed E-state index contributed by atoms with van der Waals surface area (Å²) in [7, 11) is 0. The first-order chi connectivity index (χ1) is 13.0. The van der Waals surface area contributed by atoms with Crippen molar-refractivity contribution in [1.29, 1.82) is 0 Å². The van der Waals surface area contributed by atoms with Crippen LogP contribution in [0.4, 0.5) is 8.78 Å². The number of carbonyl (C=O) groups is 1. The average Bonchev–Trinajstić information content (AvgIpc) is 2.99. The van der Waals surface area contributed by atoms with Crippen LogP contribution in [0.15, 0.2) is 49.1 Å². The largest absolute Gasteiger partial charge is 0.327 e. The molecule has 0 N–H and O–H groups in total. The summed E-state index contributed by atoms with van der Waals surface area (Å²) in [4.78, 5) is 18.7. The number of rotatable bonds is 6. The number of benzene rings is 2. The van der Waals surface area contributed by atoms with Crippen molar-refractivity contribution in [3.8, 4) is 0 Å². The summed E-state index contributed by atoms with van der Waals surface area (Å²) in [6.07, 6.45) is 1.53. The lowest BCUT2D eigenvalue weighted by atomic mass is 10.1. The Morgan fingerprint density at radius 3 is 2.81 bits per heavy atom. The van der Waals surface area contributed by atoms with Crippen LogP contribution in [-0.2, 0) is 13.1 Å². The summed E-state index contributed by atoms with van der Waals surface area (Å²) >= 11 is 6.08. The lowest BCUT2D eigenvalue weighted by molar-refractivity contribution is 0.0751. The van der Waals surface area contributed by atoms with E-state index in [0.717, 1.165) is 17.1 Å². The summed E-state index contributed by atoms with van der Waals surface area (Å²) in [5, 5.41) is 0.588. The minimum Gasteiger partial charge on any atom is -0.327 e. The van der Waals surface area contributed by atoms with Gasteiger partial charge >= 0.3 is 0 Å². The van der Waals surface area contributed by atoms with E-state index in [1.807, 2.05) is 17.6 Å². The second kappa shape index (κ2) is 7.88. The van der Waals surface area contributed by atoms with Crippen molar-refractivity contribution in [2.45, 2.75) is 20.0 Å². The molecule has 0 saturated heterocycles. The highest BCUT2D eigenvalue weighted by Crippen LogP contribution is 2.22. The third-order valence-corrected chi connectivity index (χ3v) is 4.49. The highest BCUT2D eigenvalue weighted by molar-refractivity contribution is 6.31. The monoisotopic (exact) mass is 389 g/mol. The van der Waals surface area contributed by atoms with Gasteiger partial charge in [0, 0.05) is 18.1 Å². The molecule has 0 fully saturated rings. The first kappa shape index (κ1) is 19.0. The van der Waals surface area contributed by atoms with E-state index in [-0.39, 0.29) is 18.7 Å². The van der Waals surface area contributed by atoms with Crippen molar-refractivity contribution in [2.24, 2.45) is 0 Å². The Morgan fingerprint density at radius 1 is 1.33 bits per heavy atom. The van der Waals surface area contributed by atoms with Crippen molar-refractivity contribution in [3.63, 3.8) is 0 Å². The average molecular weight is 390 g/mol. The number of aromatic nitrogens is 2. The predicted octanol–water partition coefficient (Wildman–Crippen LogP) is 4.82. The highest BCUT2D eigenvalue weighted by atomic mass is 35.5. The first-order valence-electron chi connectivity index (χ1n) is 8.45. The zero-order valence-electron chi connectivity index (χ0n) is 14.8. The van der Waals surface area contributed by atoms with E-state index < -0.39 is 17.5 Å². The van der Waals surface area contributed by atoms with Crippen molar-refractivity contribution in [2.75, 3.05) is 6.54 Å². The number of halogens is 3. The smallest absolute Gasteiger partial charge is 0.257 e. The van der Waals surface area contributed by atoms with Gasteiger partial charge in [-0.15, -0.1) is 6.58 Å². The maximum Gasteiger partial charge on any atom is 0.257 e. The predicted molar refractivity (Wildman–Crippen MR) is 102 cm³/mol. The van der Waals surface area contributed by atoms with Gasteiger partial charge in [0.2, 0.25) is 0 Å². The van der Waals surface area contributed by atoms with Crippen molar-refractivity contribution in [1.82, 2.24) is 14.5 Å². The van der Waals surface area contributed by atoms with Crippen LogP contribution in [-0.4, -0.2) is 26.9 Å². The maximum atomic E-state index is 14.1. The number of nitrogens with zero attached hydrogens (tertiary/aromatic N) is 3. The Bertz CT molecular complexity index is 1020. The zero-order valence-corrected chi connectivity index (χ0v) is 15.5. The fourth-order valence-electron chi connectivity index (χ4n) is 3.00. The van der Waals surface area contributed by atoms with Crippen LogP contribution >= 0.6 is 11.6 Å². The van der Waals surface area contributed by atoms with Crippen LogP contribution in [0.1, 0.15) is 23.1 Å². The van der Waals surface area contributed by atoms with Gasteiger partial charge in [-0.1, -0.05) is 23.7 Å². The van der Waals surface area contributed by atoms with E-state index in [4.69, 9.17) is 11.6 Å². The Morgan fingerprint density at radius 2 is 2.11 bits per heavy atom. The van der Waals surface area contributed by atoms with Gasteiger partial charge < -0.3 is 9.47 Å². The van der Waals surface area contributed by atoms with Crippen LogP contribution < -0.4 is 0 Å². The van der Waals surface area contributed by atoms with E-state index in [9.17, 15) is 13.6 Å². The molecule has 3 rings (SSSR count). The molecule has 1 amide bonds. The van der Waals surface area contributed by atoms with Crippen LogP contribution in [0, 0.1) is 11.6 Å². The molecule has 0 saturated carbocycles. The fraction of sp³-hybridized carbons (Fsp3) is 0.200. The van der Waals surface area contributed by atoms with E-state index >= 15 is 0 Å². The molecular weight excluding hydrogens is 372 g/mol. The van der Waals surface area contributed by atoms with Gasteiger partial charge in [-0.25, -0.2) is 13.8 Å². The summed E-state index contributed by atoms with van der Waals surface area (Å²) in [6, 6.07) is 8.90. The third-order valence-electron chi connectivity index (χ3n) is 4.26. The Hall–Kier alpha value is -2.73. The Balaban J connectivity index is 1.99. The molecule has 0 unspecified atom stereocenters. The van der Waals surface area contributed by atoms with Crippen molar-refractivity contribution >= 4 is 28.5 Å². The molecule has 0 aliphatic heterocycles. The standard InChI is InChI=1S/C20H18ClF2N3O/c1-3-10-25(20(27)14-6-5-7-15(22)19(14)23)12-18-24-16-9-8-13(21)11-17(16)26(18)4-2/h3,5-9,11H,1,4,10,12H2,2H3. The van der Waals surface area contributed by atoms with Crippen molar-refractivity contribution in [3.05, 3.63) is 77.1 Å². The molecule has 0 aliphatic carbocycles. The van der Waals surface area contributed by atoms with E-state index in [1.54, 1.807) is 12.1 Å². The van der Waals surface area contributed by atoms with Crippen LogP contribution in [0.25, 0.3) is 11.0 Å². The van der Waals surface area contributed by atoms with Crippen LogP contribution in [0.3, 0.4) is 0 Å². The van der Waals surface area contributed by atoms with E-state index in [0.29, 0.717) is 17.4 Å². The number of fused-ring (bicyclic) bond motifs is 1. The number of imidazole rings is 1. The molecule has 0 spiro atoms. The Kier molecular flexibility index (Phi) is 5.56. The topological polar surface area (TPSA) is 38.1 Å². The second-order valence-electron chi connectivity index (χ2n) is 5.98. The van der Waals surface area contributed by atoms with Gasteiger partial charge in [-0.2, -0.15) is 0 Å². The quantitative estimate of drug-likeness (QED) is 0.567. The Labute approximate surface area is 160 Å². The molecule has 0 atom stereocenters. The molecule has 3 aromatic rings. The van der Waals surface area contributed by atoms with Gasteiger partial charge in [0.25, 0.3) is 5.91 Å². The van der Waals surface area contributed by atoms with Gasteiger partial charge in [-0.3, -0.25) is 4.79 Å². The van der Waals surface area contributed by atoms with Crippen molar-refractivity contribution < 1.29 is 13.6 Å². The number of hydrogen-bond donors (Lipinski definition) is 0. The molecular formula is C20H18ClF2N3O. The lowest BCUT2D eigenvalue weighted by Crippen LogP contribution is -2.32. The molecule has 7 heteroatoms. The molecule has 1 aromatic heterocycles. The first-order valence-corrected chi connectivity index (χ1v) is 8.82. The molecule has 27 heavy (non-hydrogen) atoms. The van der Waals surface area contributed by atoms with Gasteiger partial charge in [-0.05, 0) is 37.3 Å². The minimum atomic E-state index is -1.16. The summed E-state index contributed by atoms with van der Waals surface area (Å²) < 4.78 is 29.5. The minimum absolute atomic E-state index is 0.126. The summed E-state index contributed by atoms with van der Waals surface area (Å²) in [5.74, 6) is -2.22. The number of hydrogen-bond acceptors (Lipinski definition) is 2. The maximum absolute atomic E-state index is 14.1. The summed E-state index contributed by atoms with van der Waals surface area (Å²) in [6.45, 7) is 6.52. The van der Waals surface area contributed by atoms with E-state index in [2.05, 4.69) is 11.6 Å². The lowest BCUT2D eigenvalue weighted by Gasteiger charge is -2.21. The number of aryl methyl sites for hydroxylation is 1. The number of amides is 1. The molecule has 0 bridgehead atoms. The summed E-state index contributed by atoms with van der Waals surface area (Å²) in [5.41, 5.74) is 1.28. The molecule has 0 aliphatic rings. The van der Waals surface area contributed by atoms with Crippen LogP contribution in [0.5, 0.6) is 0 Å². The molecule has 2 aromatic carbocycles. The molecule has 1 heterocycles. The SMILES string of the molecule is C=CCN(Cc1nc2ccc(Cl)cc2n1CC)C(=O)c1cccc(F)c1F. The second-order valence-corrected chi connectivity index (χ2v) is 6.42. The van der Waals surface area contributed by atoms with Gasteiger partial charge in [0.05, 0.1) is 23.1 Å². The number of carbonyl (C=O) groups excluding carboxylic acids is 1. The molecule has 140 valence electrons. The molecule has 0 radical (unpaired) electrons. The third kappa shape index (κ3) is 3.71. The van der Waals surface area contributed by atoms with E-state index in [1.165, 1.54) is 23.1 Å². The highest BCUT2D eigenvalue weighted by Gasteiger charge is 2.23. The molecule has 4 nitrogen and oxygen atoms in total. The van der Waals surface area contributed by atoms with Crippen LogP contribution in [0.2, 0.25) is 5.02 Å². The zero-order chi connectivity index (χ0) is 19.6. The normalized spacial score (nSPS) is 11.0.